The summed E-state index contributed by atoms with van der Waals surface area (Å²) in [5, 5.41) is 0. The van der Waals surface area contributed by atoms with Crippen molar-refractivity contribution in [2.75, 3.05) is 23.0 Å². The lowest BCUT2D eigenvalue weighted by atomic mass is 9.70. The number of anilines is 1. The molecule has 5 heteroatoms. The first kappa shape index (κ1) is 13.7. The third-order valence-corrected chi connectivity index (χ3v) is 5.87. The minimum atomic E-state index is -0.237. The highest BCUT2D eigenvalue weighted by Gasteiger charge is 2.54. The molecule has 0 saturated carbocycles. The molecule has 3 nitrogen and oxygen atoms in total. The fraction of sp³-hybridized carbons (Fsp3) is 0.533. The van der Waals surface area contributed by atoms with Crippen LogP contribution < -0.4 is 10.6 Å². The second-order valence-corrected chi connectivity index (χ2v) is 7.31. The van der Waals surface area contributed by atoms with Crippen LogP contribution in [-0.2, 0) is 0 Å². The number of hydrogen-bond donors (Lipinski definition) is 1. The van der Waals surface area contributed by atoms with Gasteiger partial charge in [-0.15, -0.1) is 0 Å². The van der Waals surface area contributed by atoms with E-state index in [9.17, 15) is 4.39 Å². The van der Waals surface area contributed by atoms with Crippen LogP contribution in [0.5, 0.6) is 0 Å². The summed E-state index contributed by atoms with van der Waals surface area (Å²) in [6.45, 7) is 5.23. The standard InChI is InChI=1S/C15H20FN3S/c1-14(2)6-7-20-10-15(14)9-18-13(17)19(15)12-5-3-4-11(16)8-12/h3-5,8H,6-7,9-10H2,1-2H3,(H2,17,18). The molecule has 1 fully saturated rings. The van der Waals surface area contributed by atoms with E-state index in [0.29, 0.717) is 12.5 Å². The fourth-order valence-corrected chi connectivity index (χ4v) is 4.94. The molecule has 2 aliphatic rings. The van der Waals surface area contributed by atoms with Gasteiger partial charge >= 0.3 is 0 Å². The molecule has 0 aromatic heterocycles. The van der Waals surface area contributed by atoms with Crippen molar-refractivity contribution in [3.05, 3.63) is 30.1 Å². The highest BCUT2D eigenvalue weighted by Crippen LogP contribution is 2.49. The van der Waals surface area contributed by atoms with Crippen molar-refractivity contribution in [1.82, 2.24) is 0 Å². The van der Waals surface area contributed by atoms with Crippen LogP contribution in [-0.4, -0.2) is 29.5 Å². The highest BCUT2D eigenvalue weighted by molar-refractivity contribution is 7.99. The zero-order chi connectivity index (χ0) is 14.4. The van der Waals surface area contributed by atoms with Gasteiger partial charge in [0.05, 0.1) is 12.1 Å². The number of hydrogen-bond acceptors (Lipinski definition) is 4. The van der Waals surface area contributed by atoms with Crippen LogP contribution in [0.3, 0.4) is 0 Å². The molecule has 1 aromatic carbocycles. The number of benzene rings is 1. The van der Waals surface area contributed by atoms with Gasteiger partial charge < -0.3 is 10.6 Å². The molecule has 1 atom stereocenters. The molecule has 20 heavy (non-hydrogen) atoms. The van der Waals surface area contributed by atoms with E-state index in [4.69, 9.17) is 5.73 Å². The van der Waals surface area contributed by atoms with Crippen molar-refractivity contribution in [3.63, 3.8) is 0 Å². The molecule has 2 N–H and O–H groups in total. The summed E-state index contributed by atoms with van der Waals surface area (Å²) >= 11 is 1.93. The lowest BCUT2D eigenvalue weighted by Gasteiger charge is -2.52. The molecule has 0 radical (unpaired) electrons. The average molecular weight is 293 g/mol. The molecule has 0 aliphatic carbocycles. The first-order valence-corrected chi connectivity index (χ1v) is 8.05. The van der Waals surface area contributed by atoms with Crippen molar-refractivity contribution < 1.29 is 4.39 Å². The van der Waals surface area contributed by atoms with Gasteiger partial charge in [0.15, 0.2) is 5.96 Å². The number of rotatable bonds is 1. The van der Waals surface area contributed by atoms with Crippen LogP contribution in [0, 0.1) is 11.2 Å². The van der Waals surface area contributed by atoms with Crippen molar-refractivity contribution in [1.29, 1.82) is 0 Å². The Morgan fingerprint density at radius 2 is 2.20 bits per heavy atom. The second-order valence-electron chi connectivity index (χ2n) is 6.21. The van der Waals surface area contributed by atoms with Gasteiger partial charge in [0.2, 0.25) is 0 Å². The summed E-state index contributed by atoms with van der Waals surface area (Å²) in [5.74, 6) is 2.40. The van der Waals surface area contributed by atoms with E-state index in [1.807, 2.05) is 17.8 Å². The molecule has 2 aliphatic heterocycles. The minimum Gasteiger partial charge on any atom is -0.369 e. The Bertz CT molecular complexity index is 558. The number of guanidine groups is 1. The summed E-state index contributed by atoms with van der Waals surface area (Å²) in [6.07, 6.45) is 1.12. The van der Waals surface area contributed by atoms with Crippen molar-refractivity contribution in [3.8, 4) is 0 Å². The van der Waals surface area contributed by atoms with Crippen molar-refractivity contribution in [2.24, 2.45) is 16.1 Å². The molecule has 1 unspecified atom stereocenters. The van der Waals surface area contributed by atoms with E-state index in [1.165, 1.54) is 6.07 Å². The molecule has 1 saturated heterocycles. The zero-order valence-electron chi connectivity index (χ0n) is 11.9. The van der Waals surface area contributed by atoms with Crippen LogP contribution in [0.4, 0.5) is 10.1 Å². The van der Waals surface area contributed by atoms with E-state index in [-0.39, 0.29) is 16.8 Å². The van der Waals surface area contributed by atoms with Crippen molar-refractivity contribution >= 4 is 23.4 Å². The van der Waals surface area contributed by atoms with E-state index >= 15 is 0 Å². The molecule has 2 heterocycles. The Kier molecular flexibility index (Phi) is 3.20. The first-order chi connectivity index (χ1) is 9.46. The van der Waals surface area contributed by atoms with Gasteiger partial charge in [0.1, 0.15) is 5.82 Å². The second kappa shape index (κ2) is 4.65. The van der Waals surface area contributed by atoms with E-state index < -0.39 is 0 Å². The number of nitrogens with zero attached hydrogens (tertiary/aromatic N) is 2. The van der Waals surface area contributed by atoms with Gasteiger partial charge in [-0.3, -0.25) is 4.99 Å². The van der Waals surface area contributed by atoms with Gasteiger partial charge in [-0.25, -0.2) is 4.39 Å². The maximum atomic E-state index is 13.6. The van der Waals surface area contributed by atoms with Crippen LogP contribution >= 0.6 is 11.8 Å². The lowest BCUT2D eigenvalue weighted by molar-refractivity contribution is 0.192. The maximum absolute atomic E-state index is 13.6. The molecule has 1 spiro atoms. The Hall–Kier alpha value is -1.23. The summed E-state index contributed by atoms with van der Waals surface area (Å²) in [6, 6.07) is 6.64. The summed E-state index contributed by atoms with van der Waals surface area (Å²) < 4.78 is 13.6. The van der Waals surface area contributed by atoms with E-state index in [1.54, 1.807) is 12.1 Å². The average Bonchev–Trinajstić information content (AvgIpc) is 2.72. The van der Waals surface area contributed by atoms with Crippen molar-refractivity contribution in [2.45, 2.75) is 25.8 Å². The molecule has 0 bridgehead atoms. The summed E-state index contributed by atoms with van der Waals surface area (Å²) in [4.78, 5) is 6.54. The Morgan fingerprint density at radius 3 is 2.90 bits per heavy atom. The van der Waals surface area contributed by atoms with Crippen LogP contribution in [0.1, 0.15) is 20.3 Å². The topological polar surface area (TPSA) is 41.6 Å². The van der Waals surface area contributed by atoms with E-state index in [2.05, 4.69) is 23.7 Å². The number of aliphatic imine (C=N–C) groups is 1. The maximum Gasteiger partial charge on any atom is 0.196 e. The largest absolute Gasteiger partial charge is 0.369 e. The molecular weight excluding hydrogens is 273 g/mol. The summed E-state index contributed by atoms with van der Waals surface area (Å²) in [7, 11) is 0. The lowest BCUT2D eigenvalue weighted by Crippen LogP contribution is -2.63. The van der Waals surface area contributed by atoms with Gasteiger partial charge in [0, 0.05) is 11.4 Å². The SMILES string of the molecule is CC1(C)CCSCC12CN=C(N)N2c1cccc(F)c1. The predicted octanol–water partition coefficient (Wildman–Crippen LogP) is 2.86. The van der Waals surface area contributed by atoms with E-state index in [0.717, 1.165) is 23.6 Å². The van der Waals surface area contributed by atoms with Crippen LogP contribution in [0.2, 0.25) is 0 Å². The van der Waals surface area contributed by atoms with Gasteiger partial charge in [-0.05, 0) is 35.8 Å². The highest BCUT2D eigenvalue weighted by atomic mass is 32.2. The first-order valence-electron chi connectivity index (χ1n) is 6.90. The van der Waals surface area contributed by atoms with Crippen LogP contribution in [0.25, 0.3) is 0 Å². The smallest absolute Gasteiger partial charge is 0.196 e. The molecule has 0 amide bonds. The minimum absolute atomic E-state index is 0.0924. The number of thioether (sulfide) groups is 1. The van der Waals surface area contributed by atoms with Gasteiger partial charge in [-0.1, -0.05) is 19.9 Å². The summed E-state index contributed by atoms with van der Waals surface area (Å²) in [5.41, 5.74) is 6.88. The Labute approximate surface area is 123 Å². The fourth-order valence-electron chi connectivity index (χ4n) is 3.19. The molecular formula is C15H20FN3S. The molecule has 1 aromatic rings. The van der Waals surface area contributed by atoms with Gasteiger partial charge in [-0.2, -0.15) is 11.8 Å². The number of nitrogens with two attached hydrogens (primary N) is 1. The van der Waals surface area contributed by atoms with Crippen LogP contribution in [0.15, 0.2) is 29.3 Å². The third-order valence-electron chi connectivity index (χ3n) is 4.70. The normalized spacial score (nSPS) is 28.8. The monoisotopic (exact) mass is 293 g/mol. The molecule has 3 rings (SSSR count). The zero-order valence-corrected chi connectivity index (χ0v) is 12.7. The third kappa shape index (κ3) is 1.91. The van der Waals surface area contributed by atoms with Gasteiger partial charge in [0.25, 0.3) is 0 Å². The Morgan fingerprint density at radius 1 is 1.40 bits per heavy atom. The Balaban J connectivity index is 2.08. The quantitative estimate of drug-likeness (QED) is 0.865. The number of halogens is 1. The molecule has 108 valence electrons. The predicted molar refractivity (Wildman–Crippen MR) is 83.8 cm³/mol.